The van der Waals surface area contributed by atoms with Crippen LogP contribution in [0.4, 0.5) is 13.2 Å². The molecule has 1 saturated heterocycles. The normalized spacial score (nSPS) is 27.0. The van der Waals surface area contributed by atoms with E-state index < -0.39 is 29.2 Å². The molecule has 2 unspecified atom stereocenters. The van der Waals surface area contributed by atoms with Crippen molar-refractivity contribution in [3.8, 4) is 5.75 Å². The average Bonchev–Trinajstić information content (AvgIpc) is 3.76. The molecule has 2 aromatic rings. The van der Waals surface area contributed by atoms with E-state index in [9.17, 15) is 22.8 Å². The highest BCUT2D eigenvalue weighted by Gasteiger charge is 2.54. The maximum atomic E-state index is 14.2. The van der Waals surface area contributed by atoms with Crippen LogP contribution in [0.3, 0.4) is 0 Å². The number of fused-ring (bicyclic) bond motifs is 1. The molecule has 220 valence electrons. The molecule has 1 aliphatic heterocycles. The Balaban J connectivity index is 1.52. The number of halogens is 3. The molecule has 2 aliphatic carbocycles. The summed E-state index contributed by atoms with van der Waals surface area (Å²) in [6.07, 6.45) is -0.0853. The Kier molecular flexibility index (Phi) is 8.45. The van der Waals surface area contributed by atoms with Gasteiger partial charge in [-0.05, 0) is 73.8 Å². The highest BCUT2D eigenvalue weighted by Crippen LogP contribution is 2.52. The second-order valence-electron chi connectivity index (χ2n) is 11.6. The predicted octanol–water partition coefficient (Wildman–Crippen LogP) is 5.87. The number of hydrogen-bond donors (Lipinski definition) is 1. The third-order valence-electron chi connectivity index (χ3n) is 8.81. The molecule has 0 bridgehead atoms. The van der Waals surface area contributed by atoms with Gasteiger partial charge in [0.05, 0.1) is 13.3 Å². The number of esters is 1. The van der Waals surface area contributed by atoms with Gasteiger partial charge < -0.3 is 14.8 Å². The van der Waals surface area contributed by atoms with Crippen molar-refractivity contribution in [1.29, 1.82) is 0 Å². The van der Waals surface area contributed by atoms with Crippen molar-refractivity contribution >= 4 is 18.0 Å². The van der Waals surface area contributed by atoms with Crippen LogP contribution in [-0.2, 0) is 19.7 Å². The Morgan fingerprint density at radius 3 is 2.51 bits per heavy atom. The number of hydrogen-bond acceptors (Lipinski definition) is 5. The van der Waals surface area contributed by atoms with E-state index in [1.807, 2.05) is 24.3 Å². The zero-order valence-corrected chi connectivity index (χ0v) is 23.5. The third-order valence-corrected chi connectivity index (χ3v) is 8.81. The molecule has 3 aliphatic rings. The Morgan fingerprint density at radius 1 is 1.10 bits per heavy atom. The Hall–Kier alpha value is -3.33. The molecule has 3 fully saturated rings. The van der Waals surface area contributed by atoms with Crippen molar-refractivity contribution in [3.05, 3.63) is 71.3 Å². The van der Waals surface area contributed by atoms with Crippen LogP contribution in [0.2, 0.25) is 0 Å². The molecule has 2 aromatic carbocycles. The fourth-order valence-corrected chi connectivity index (χ4v) is 6.72. The SMILES string of the molecule is COc1cccc([C@@]23CCCC(OC(C)=O)C2CN(CC2CC2)[C@H](NC(=O)C(=Cc2ccccc2)C(F)(F)F)C3)c1. The first-order valence-electron chi connectivity index (χ1n) is 14.3. The lowest BCUT2D eigenvalue weighted by molar-refractivity contribution is -0.158. The van der Waals surface area contributed by atoms with Crippen LogP contribution in [0, 0.1) is 11.8 Å². The van der Waals surface area contributed by atoms with Crippen LogP contribution in [-0.4, -0.2) is 55.4 Å². The number of nitrogens with one attached hydrogen (secondary N) is 1. The summed E-state index contributed by atoms with van der Waals surface area (Å²) in [7, 11) is 1.59. The molecule has 5 rings (SSSR count). The molecule has 9 heteroatoms. The van der Waals surface area contributed by atoms with Crippen molar-refractivity contribution in [2.24, 2.45) is 11.8 Å². The molecular weight excluding hydrogens is 533 g/mol. The molecule has 0 spiro atoms. The largest absolute Gasteiger partial charge is 0.497 e. The van der Waals surface area contributed by atoms with E-state index in [0.29, 0.717) is 36.7 Å². The predicted molar refractivity (Wildman–Crippen MR) is 149 cm³/mol. The summed E-state index contributed by atoms with van der Waals surface area (Å²) < 4.78 is 53.9. The number of nitrogens with zero attached hydrogens (tertiary/aromatic N) is 1. The van der Waals surface area contributed by atoms with Gasteiger partial charge in [0.25, 0.3) is 5.91 Å². The summed E-state index contributed by atoms with van der Waals surface area (Å²) >= 11 is 0. The Bertz CT molecular complexity index is 1280. The minimum absolute atomic E-state index is 0.0823. The van der Waals surface area contributed by atoms with Gasteiger partial charge in [0.15, 0.2) is 0 Å². The number of carbonyl (C=O) groups is 2. The number of methoxy groups -OCH3 is 1. The lowest BCUT2D eigenvalue weighted by atomic mass is 9.57. The van der Waals surface area contributed by atoms with Gasteiger partial charge in [-0.25, -0.2) is 0 Å². The van der Waals surface area contributed by atoms with E-state index in [1.54, 1.807) is 37.4 Å². The van der Waals surface area contributed by atoms with Crippen LogP contribution < -0.4 is 10.1 Å². The first-order chi connectivity index (χ1) is 19.6. The Morgan fingerprint density at radius 2 is 1.85 bits per heavy atom. The average molecular weight is 571 g/mol. The molecule has 2 saturated carbocycles. The second-order valence-corrected chi connectivity index (χ2v) is 11.6. The van der Waals surface area contributed by atoms with Crippen LogP contribution >= 0.6 is 0 Å². The Labute approximate surface area is 238 Å². The highest BCUT2D eigenvalue weighted by molar-refractivity contribution is 5.99. The number of likely N-dealkylation sites (tertiary alicyclic amines) is 1. The summed E-state index contributed by atoms with van der Waals surface area (Å²) in [4.78, 5) is 27.6. The van der Waals surface area contributed by atoms with Gasteiger partial charge >= 0.3 is 12.1 Å². The molecule has 41 heavy (non-hydrogen) atoms. The smallest absolute Gasteiger partial charge is 0.421 e. The zero-order chi connectivity index (χ0) is 29.2. The first-order valence-corrected chi connectivity index (χ1v) is 14.3. The number of amides is 1. The number of rotatable bonds is 8. The van der Waals surface area contributed by atoms with Crippen molar-refractivity contribution in [3.63, 3.8) is 0 Å². The van der Waals surface area contributed by atoms with E-state index in [4.69, 9.17) is 9.47 Å². The maximum absolute atomic E-state index is 14.2. The van der Waals surface area contributed by atoms with Gasteiger partial charge in [0.1, 0.15) is 17.4 Å². The quantitative estimate of drug-likeness (QED) is 0.318. The van der Waals surface area contributed by atoms with Crippen molar-refractivity contribution in [1.82, 2.24) is 10.2 Å². The number of carbonyl (C=O) groups excluding carboxylic acids is 2. The van der Waals surface area contributed by atoms with Gasteiger partial charge in [-0.15, -0.1) is 0 Å². The molecule has 1 heterocycles. The summed E-state index contributed by atoms with van der Waals surface area (Å²) in [5.74, 6) is -0.450. The molecule has 4 atom stereocenters. The number of benzene rings is 2. The summed E-state index contributed by atoms with van der Waals surface area (Å²) in [6, 6.07) is 15.8. The van der Waals surface area contributed by atoms with Crippen molar-refractivity contribution in [2.45, 2.75) is 69.3 Å². The van der Waals surface area contributed by atoms with E-state index in [1.165, 1.54) is 6.92 Å². The number of piperidine rings is 1. The third kappa shape index (κ3) is 6.61. The number of alkyl halides is 3. The standard InChI is InChI=1S/C32H37F3N2O4/c1-21(38)41-28-12-7-15-31(24-10-6-11-25(17-24)40-2)18-29(37(20-27(28)31)19-23-13-14-23)36-30(39)26(32(33,34)35)16-22-8-4-3-5-9-22/h3-6,8-11,16-17,23,27-29H,7,12-15,18-20H2,1-2H3,(H,36,39)/t27?,28?,29-,31-/m0/s1. The van der Waals surface area contributed by atoms with Crippen LogP contribution in [0.1, 0.15) is 56.6 Å². The summed E-state index contributed by atoms with van der Waals surface area (Å²) in [6.45, 7) is 2.58. The van der Waals surface area contributed by atoms with E-state index in [-0.39, 0.29) is 18.0 Å². The zero-order valence-electron chi connectivity index (χ0n) is 23.5. The minimum Gasteiger partial charge on any atom is -0.497 e. The maximum Gasteiger partial charge on any atom is 0.421 e. The van der Waals surface area contributed by atoms with Gasteiger partial charge in [-0.2, -0.15) is 13.2 Å². The van der Waals surface area contributed by atoms with E-state index in [0.717, 1.165) is 43.7 Å². The molecule has 1 amide bonds. The minimum atomic E-state index is -4.83. The van der Waals surface area contributed by atoms with Gasteiger partial charge in [0, 0.05) is 31.3 Å². The lowest BCUT2D eigenvalue weighted by Gasteiger charge is -2.56. The van der Waals surface area contributed by atoms with Gasteiger partial charge in [-0.3, -0.25) is 14.5 Å². The fourth-order valence-electron chi connectivity index (χ4n) is 6.72. The lowest BCUT2D eigenvalue weighted by Crippen LogP contribution is -2.64. The summed E-state index contributed by atoms with van der Waals surface area (Å²) in [5.41, 5.74) is -0.460. The second kappa shape index (κ2) is 11.9. The van der Waals surface area contributed by atoms with Crippen LogP contribution in [0.15, 0.2) is 60.2 Å². The van der Waals surface area contributed by atoms with Crippen molar-refractivity contribution in [2.75, 3.05) is 20.2 Å². The monoisotopic (exact) mass is 570 g/mol. The van der Waals surface area contributed by atoms with E-state index in [2.05, 4.69) is 10.2 Å². The topological polar surface area (TPSA) is 67.9 Å². The number of ether oxygens (including phenoxy) is 2. The highest BCUT2D eigenvalue weighted by atomic mass is 19.4. The van der Waals surface area contributed by atoms with Gasteiger partial charge in [0.2, 0.25) is 0 Å². The fraction of sp³-hybridized carbons (Fsp3) is 0.500. The van der Waals surface area contributed by atoms with Gasteiger partial charge in [-0.1, -0.05) is 42.5 Å². The molecule has 0 radical (unpaired) electrons. The molecule has 1 N–H and O–H groups in total. The van der Waals surface area contributed by atoms with Crippen LogP contribution in [0.5, 0.6) is 5.75 Å². The molecule has 0 aromatic heterocycles. The molecular formula is C32H37F3N2O4. The molecule has 6 nitrogen and oxygen atoms in total. The first kappa shape index (κ1) is 29.2. The summed E-state index contributed by atoms with van der Waals surface area (Å²) in [5, 5.41) is 2.80. The van der Waals surface area contributed by atoms with Crippen LogP contribution in [0.25, 0.3) is 6.08 Å². The van der Waals surface area contributed by atoms with Crippen molar-refractivity contribution < 1.29 is 32.2 Å². The van der Waals surface area contributed by atoms with E-state index >= 15 is 0 Å².